The Morgan fingerprint density at radius 2 is 1.91 bits per heavy atom. The van der Waals surface area contributed by atoms with Crippen LogP contribution in [-0.2, 0) is 0 Å². The van der Waals surface area contributed by atoms with Crippen LogP contribution in [0.3, 0.4) is 0 Å². The Morgan fingerprint density at radius 1 is 1.45 bits per heavy atom. The van der Waals surface area contributed by atoms with Gasteiger partial charge in [-0.1, -0.05) is 32.4 Å². The van der Waals surface area contributed by atoms with E-state index in [9.17, 15) is 0 Å². The topological polar surface area (TPSA) is 32.3 Å². The Hall–Kier alpha value is -0.340. The van der Waals surface area contributed by atoms with Crippen LogP contribution < -0.4 is 5.48 Å². The van der Waals surface area contributed by atoms with Crippen molar-refractivity contribution in [3.8, 4) is 0 Å². The lowest BCUT2D eigenvalue weighted by Crippen LogP contribution is -2.21. The summed E-state index contributed by atoms with van der Waals surface area (Å²) in [6.45, 7) is 10.5. The zero-order valence-electron chi connectivity index (χ0n) is 8.10. The number of hydrogen-bond donors (Lipinski definition) is 2. The van der Waals surface area contributed by atoms with Crippen molar-refractivity contribution in [2.45, 2.75) is 40.7 Å². The van der Waals surface area contributed by atoms with Gasteiger partial charge in [0.1, 0.15) is 0 Å². The lowest BCUT2D eigenvalue weighted by atomic mass is 9.87. The largest absolute Gasteiger partial charge is 0.316 e. The maximum absolute atomic E-state index is 8.55. The molecule has 0 saturated carbocycles. The summed E-state index contributed by atoms with van der Waals surface area (Å²) in [6, 6.07) is 0.0363. The average molecular weight is 157 g/mol. The first-order chi connectivity index (χ1) is 4.88. The van der Waals surface area contributed by atoms with Crippen molar-refractivity contribution in [2.24, 2.45) is 5.41 Å². The fourth-order valence-electron chi connectivity index (χ4n) is 0.662. The van der Waals surface area contributed by atoms with Crippen LogP contribution in [0.25, 0.3) is 0 Å². The van der Waals surface area contributed by atoms with Gasteiger partial charge < -0.3 is 5.21 Å². The third-order valence-corrected chi connectivity index (χ3v) is 1.89. The Kier molecular flexibility index (Phi) is 3.76. The second kappa shape index (κ2) is 3.88. The predicted octanol–water partition coefficient (Wildman–Crippen LogP) is 2.35. The second-order valence-electron chi connectivity index (χ2n) is 4.02. The van der Waals surface area contributed by atoms with Gasteiger partial charge in [0.2, 0.25) is 0 Å². The molecule has 0 fully saturated rings. The lowest BCUT2D eigenvalue weighted by Gasteiger charge is -2.20. The quantitative estimate of drug-likeness (QED) is 0.476. The van der Waals surface area contributed by atoms with Crippen molar-refractivity contribution in [1.82, 2.24) is 5.48 Å². The maximum Gasteiger partial charge on any atom is 0.0474 e. The Morgan fingerprint density at radius 3 is 2.18 bits per heavy atom. The van der Waals surface area contributed by atoms with Crippen molar-refractivity contribution >= 4 is 0 Å². The third kappa shape index (κ3) is 4.17. The zero-order valence-corrected chi connectivity index (χ0v) is 8.10. The first-order valence-electron chi connectivity index (χ1n) is 3.96. The molecule has 0 spiro atoms. The van der Waals surface area contributed by atoms with E-state index in [1.807, 2.05) is 13.0 Å². The minimum absolute atomic E-state index is 0.0363. The molecule has 0 bridgehead atoms. The molecule has 0 aromatic rings. The number of hydrogen-bond acceptors (Lipinski definition) is 2. The highest BCUT2D eigenvalue weighted by Crippen LogP contribution is 2.24. The van der Waals surface area contributed by atoms with E-state index < -0.39 is 0 Å². The molecule has 0 amide bonds. The van der Waals surface area contributed by atoms with Crippen molar-refractivity contribution in [3.05, 3.63) is 11.6 Å². The summed E-state index contributed by atoms with van der Waals surface area (Å²) < 4.78 is 0. The Balaban J connectivity index is 4.22. The zero-order chi connectivity index (χ0) is 9.07. The Labute approximate surface area is 69.3 Å². The van der Waals surface area contributed by atoms with E-state index in [2.05, 4.69) is 33.2 Å². The summed E-state index contributed by atoms with van der Waals surface area (Å²) in [5.74, 6) is 0. The van der Waals surface area contributed by atoms with Gasteiger partial charge in [0.15, 0.2) is 0 Å². The van der Waals surface area contributed by atoms with Gasteiger partial charge in [-0.2, -0.15) is 5.48 Å². The van der Waals surface area contributed by atoms with E-state index in [1.54, 1.807) is 0 Å². The summed E-state index contributed by atoms with van der Waals surface area (Å²) in [5.41, 5.74) is 3.67. The molecule has 1 unspecified atom stereocenters. The van der Waals surface area contributed by atoms with Gasteiger partial charge in [0.05, 0.1) is 0 Å². The molecule has 2 heteroatoms. The highest BCUT2D eigenvalue weighted by Gasteiger charge is 2.12. The van der Waals surface area contributed by atoms with Gasteiger partial charge in [-0.15, -0.1) is 0 Å². The number of rotatable bonds is 2. The van der Waals surface area contributed by atoms with Crippen LogP contribution in [0.1, 0.15) is 34.6 Å². The molecule has 0 rings (SSSR count). The summed E-state index contributed by atoms with van der Waals surface area (Å²) in [4.78, 5) is 0. The van der Waals surface area contributed by atoms with Gasteiger partial charge >= 0.3 is 0 Å². The van der Waals surface area contributed by atoms with Crippen LogP contribution in [0.4, 0.5) is 0 Å². The maximum atomic E-state index is 8.55. The molecule has 2 nitrogen and oxygen atoms in total. The minimum Gasteiger partial charge on any atom is -0.316 e. The SMILES string of the molecule is C/C(=C\C(C)NO)C(C)(C)C. The first kappa shape index (κ1) is 10.7. The fraction of sp³-hybridized carbons (Fsp3) is 0.778. The average Bonchev–Trinajstić information content (AvgIpc) is 1.85. The van der Waals surface area contributed by atoms with Gasteiger partial charge in [0.25, 0.3) is 0 Å². The van der Waals surface area contributed by atoms with Gasteiger partial charge in [-0.25, -0.2) is 0 Å². The highest BCUT2D eigenvalue weighted by molar-refractivity contribution is 5.10. The van der Waals surface area contributed by atoms with Crippen LogP contribution >= 0.6 is 0 Å². The van der Waals surface area contributed by atoms with Crippen molar-refractivity contribution < 1.29 is 5.21 Å². The summed E-state index contributed by atoms with van der Waals surface area (Å²) in [5, 5.41) is 8.55. The molecule has 11 heavy (non-hydrogen) atoms. The number of allylic oxidation sites excluding steroid dienone is 1. The van der Waals surface area contributed by atoms with Gasteiger partial charge in [-0.05, 0) is 19.3 Å². The molecule has 0 aromatic heterocycles. The molecule has 2 N–H and O–H groups in total. The van der Waals surface area contributed by atoms with E-state index in [0.29, 0.717) is 0 Å². The molecular formula is C9H19NO. The normalized spacial score (nSPS) is 16.7. The second-order valence-corrected chi connectivity index (χ2v) is 4.02. The van der Waals surface area contributed by atoms with Crippen LogP contribution in [0.2, 0.25) is 0 Å². The molecular weight excluding hydrogens is 138 g/mol. The van der Waals surface area contributed by atoms with Gasteiger partial charge in [0, 0.05) is 6.04 Å². The highest BCUT2D eigenvalue weighted by atomic mass is 16.5. The summed E-state index contributed by atoms with van der Waals surface area (Å²) >= 11 is 0. The molecule has 0 saturated heterocycles. The lowest BCUT2D eigenvalue weighted by molar-refractivity contribution is 0.149. The van der Waals surface area contributed by atoms with Gasteiger partial charge in [-0.3, -0.25) is 0 Å². The molecule has 1 atom stereocenters. The van der Waals surface area contributed by atoms with Crippen LogP contribution in [0.15, 0.2) is 11.6 Å². The number of nitrogens with one attached hydrogen (secondary N) is 1. The standard InChI is InChI=1S/C9H19NO/c1-7(9(3,4)5)6-8(2)10-11/h6,8,10-11H,1-5H3/b7-6+. The van der Waals surface area contributed by atoms with E-state index >= 15 is 0 Å². The summed E-state index contributed by atoms with van der Waals surface area (Å²) in [6.07, 6.45) is 2.03. The van der Waals surface area contributed by atoms with Crippen LogP contribution in [0, 0.1) is 5.41 Å². The predicted molar refractivity (Wildman–Crippen MR) is 47.6 cm³/mol. The molecule has 0 radical (unpaired) electrons. The molecule has 66 valence electrons. The molecule has 0 heterocycles. The van der Waals surface area contributed by atoms with Crippen LogP contribution in [-0.4, -0.2) is 11.2 Å². The fourth-order valence-corrected chi connectivity index (χ4v) is 0.662. The van der Waals surface area contributed by atoms with E-state index in [-0.39, 0.29) is 11.5 Å². The minimum atomic E-state index is 0.0363. The van der Waals surface area contributed by atoms with Crippen molar-refractivity contribution in [1.29, 1.82) is 0 Å². The van der Waals surface area contributed by atoms with Crippen molar-refractivity contribution in [3.63, 3.8) is 0 Å². The van der Waals surface area contributed by atoms with Crippen LogP contribution in [0.5, 0.6) is 0 Å². The smallest absolute Gasteiger partial charge is 0.0474 e. The van der Waals surface area contributed by atoms with E-state index in [1.165, 1.54) is 5.57 Å². The molecule has 0 aliphatic heterocycles. The monoisotopic (exact) mass is 157 g/mol. The molecule has 0 aliphatic carbocycles. The van der Waals surface area contributed by atoms with Crippen molar-refractivity contribution in [2.75, 3.05) is 0 Å². The molecule has 0 aliphatic rings. The summed E-state index contributed by atoms with van der Waals surface area (Å²) in [7, 11) is 0. The first-order valence-corrected chi connectivity index (χ1v) is 3.96. The van der Waals surface area contributed by atoms with E-state index in [0.717, 1.165) is 0 Å². The molecule has 0 aromatic carbocycles. The number of hydroxylamine groups is 1. The third-order valence-electron chi connectivity index (χ3n) is 1.89. The van der Waals surface area contributed by atoms with E-state index in [4.69, 9.17) is 5.21 Å². The Bertz CT molecular complexity index is 144.